The fraction of sp³-hybridized carbons (Fsp3) is 0.235. The lowest BCUT2D eigenvalue weighted by atomic mass is 9.94. The summed E-state index contributed by atoms with van der Waals surface area (Å²) in [5.41, 5.74) is 3.86. The smallest absolute Gasteiger partial charge is 0.164 e. The molecule has 1 aliphatic heterocycles. The van der Waals surface area contributed by atoms with Crippen LogP contribution in [0.3, 0.4) is 0 Å². The van der Waals surface area contributed by atoms with Crippen LogP contribution in [0.2, 0.25) is 0 Å². The third kappa shape index (κ3) is 6.34. The quantitative estimate of drug-likeness (QED) is 0.228. The second kappa shape index (κ2) is 12.6. The summed E-state index contributed by atoms with van der Waals surface area (Å²) in [5, 5.41) is 0. The van der Waals surface area contributed by atoms with Crippen molar-refractivity contribution in [3.05, 3.63) is 144 Å². The Hall–Kier alpha value is -3.86. The first-order valence-corrected chi connectivity index (χ1v) is 13.4. The fourth-order valence-corrected chi connectivity index (χ4v) is 5.46. The number of hydrogen-bond acceptors (Lipinski definition) is 4. The van der Waals surface area contributed by atoms with E-state index in [1.807, 2.05) is 97.1 Å². The minimum atomic E-state index is 0.0205. The molecule has 0 radical (unpaired) electrons. The van der Waals surface area contributed by atoms with E-state index < -0.39 is 0 Å². The van der Waals surface area contributed by atoms with Crippen LogP contribution in [0, 0.1) is 0 Å². The molecule has 0 bridgehead atoms. The molecule has 5 rings (SSSR count). The van der Waals surface area contributed by atoms with Gasteiger partial charge in [-0.1, -0.05) is 121 Å². The number of ketones is 2. The van der Waals surface area contributed by atoms with Crippen LogP contribution in [0.15, 0.2) is 121 Å². The van der Waals surface area contributed by atoms with Gasteiger partial charge in [-0.2, -0.15) is 0 Å². The highest BCUT2D eigenvalue weighted by molar-refractivity contribution is 5.97. The third-order valence-corrected chi connectivity index (χ3v) is 7.55. The number of carbonyl (C=O) groups excluding carboxylic acids is 2. The number of piperazine rings is 1. The maximum Gasteiger partial charge on any atom is 0.164 e. The monoisotopic (exact) mass is 502 g/mol. The number of benzene rings is 4. The third-order valence-electron chi connectivity index (χ3n) is 7.55. The van der Waals surface area contributed by atoms with Crippen LogP contribution in [0.4, 0.5) is 0 Å². The van der Waals surface area contributed by atoms with Crippen molar-refractivity contribution in [1.82, 2.24) is 9.80 Å². The summed E-state index contributed by atoms with van der Waals surface area (Å²) < 4.78 is 0. The van der Waals surface area contributed by atoms with E-state index in [2.05, 4.69) is 34.1 Å². The highest BCUT2D eigenvalue weighted by atomic mass is 16.1. The molecule has 192 valence electrons. The van der Waals surface area contributed by atoms with E-state index >= 15 is 0 Å². The molecule has 0 aromatic heterocycles. The van der Waals surface area contributed by atoms with Crippen LogP contribution >= 0.6 is 0 Å². The van der Waals surface area contributed by atoms with Gasteiger partial charge in [-0.05, 0) is 11.1 Å². The minimum Gasteiger partial charge on any atom is -0.294 e. The van der Waals surface area contributed by atoms with Gasteiger partial charge in [-0.15, -0.1) is 0 Å². The molecule has 1 heterocycles. The summed E-state index contributed by atoms with van der Waals surface area (Å²) >= 11 is 0. The number of nitrogens with zero attached hydrogens (tertiary/aromatic N) is 2. The van der Waals surface area contributed by atoms with E-state index in [9.17, 15) is 9.59 Å². The van der Waals surface area contributed by atoms with Gasteiger partial charge in [0.05, 0.1) is 0 Å². The van der Waals surface area contributed by atoms with Crippen LogP contribution in [0.25, 0.3) is 0 Å². The average molecular weight is 503 g/mol. The molecule has 0 aliphatic carbocycles. The first kappa shape index (κ1) is 25.8. The summed E-state index contributed by atoms with van der Waals surface area (Å²) in [4.78, 5) is 31.3. The first-order valence-electron chi connectivity index (χ1n) is 13.4. The van der Waals surface area contributed by atoms with Crippen molar-refractivity contribution in [3.8, 4) is 0 Å². The molecule has 0 spiro atoms. The minimum absolute atomic E-state index is 0.0205. The molecular formula is C34H34N2O2. The number of Topliss-reactive ketones (excluding diaryl/α,β-unsaturated/α-hetero) is 2. The SMILES string of the molecule is O=C(C[C@@H](c1ccccc1)N1CCN([C@@H](CC(=O)c2ccccc2)c2ccccc2)CC1)c1ccccc1. The van der Waals surface area contributed by atoms with E-state index in [0.29, 0.717) is 12.8 Å². The molecule has 0 saturated carbocycles. The van der Waals surface area contributed by atoms with E-state index in [1.54, 1.807) is 0 Å². The second-order valence-electron chi connectivity index (χ2n) is 9.91. The van der Waals surface area contributed by atoms with E-state index in [0.717, 1.165) is 37.3 Å². The Kier molecular flexibility index (Phi) is 8.54. The predicted molar refractivity (Wildman–Crippen MR) is 152 cm³/mol. The predicted octanol–water partition coefficient (Wildman–Crippen LogP) is 6.63. The van der Waals surface area contributed by atoms with Crippen LogP contribution in [0.1, 0.15) is 56.8 Å². The molecule has 2 atom stereocenters. The Morgan fingerprint density at radius 1 is 0.474 bits per heavy atom. The zero-order chi connectivity index (χ0) is 26.2. The van der Waals surface area contributed by atoms with E-state index in [-0.39, 0.29) is 23.7 Å². The Labute approximate surface area is 225 Å². The van der Waals surface area contributed by atoms with Gasteiger partial charge in [0.15, 0.2) is 11.6 Å². The van der Waals surface area contributed by atoms with Gasteiger partial charge >= 0.3 is 0 Å². The first-order chi connectivity index (χ1) is 18.7. The summed E-state index contributed by atoms with van der Waals surface area (Å²) in [7, 11) is 0. The Morgan fingerprint density at radius 2 is 0.763 bits per heavy atom. The number of rotatable bonds is 10. The molecule has 1 fully saturated rings. The van der Waals surface area contributed by atoms with Gasteiger partial charge in [-0.3, -0.25) is 19.4 Å². The van der Waals surface area contributed by atoms with Crippen molar-refractivity contribution in [2.24, 2.45) is 0 Å². The number of carbonyl (C=O) groups is 2. The van der Waals surface area contributed by atoms with Crippen molar-refractivity contribution < 1.29 is 9.59 Å². The van der Waals surface area contributed by atoms with Crippen molar-refractivity contribution in [1.29, 1.82) is 0 Å². The van der Waals surface area contributed by atoms with E-state index in [4.69, 9.17) is 0 Å². The maximum absolute atomic E-state index is 13.2. The molecule has 0 amide bonds. The highest BCUT2D eigenvalue weighted by Crippen LogP contribution is 2.31. The van der Waals surface area contributed by atoms with Crippen molar-refractivity contribution in [2.45, 2.75) is 24.9 Å². The molecule has 0 N–H and O–H groups in total. The molecule has 4 aromatic rings. The summed E-state index contributed by atoms with van der Waals surface area (Å²) in [5.74, 6) is 0.329. The van der Waals surface area contributed by atoms with Gasteiger partial charge in [0.25, 0.3) is 0 Å². The molecular weight excluding hydrogens is 468 g/mol. The normalized spacial score (nSPS) is 16.0. The molecule has 4 heteroatoms. The van der Waals surface area contributed by atoms with Crippen LogP contribution in [0.5, 0.6) is 0 Å². The molecule has 4 aromatic carbocycles. The Bertz CT molecular complexity index is 1200. The standard InChI is InChI=1S/C34H34N2O2/c37-33(29-17-9-3-10-18-29)25-31(27-13-5-1-6-14-27)35-21-23-36(24-22-35)32(28-15-7-2-8-16-28)26-34(38)30-19-11-4-12-20-30/h1-20,31-32H,21-26H2/t31-,32-/m0/s1. The summed E-state index contributed by atoms with van der Waals surface area (Å²) in [6.45, 7) is 3.35. The highest BCUT2D eigenvalue weighted by Gasteiger charge is 2.31. The van der Waals surface area contributed by atoms with Crippen molar-refractivity contribution in [2.75, 3.05) is 26.2 Å². The zero-order valence-electron chi connectivity index (χ0n) is 21.7. The Balaban J connectivity index is 1.32. The van der Waals surface area contributed by atoms with Crippen molar-refractivity contribution >= 4 is 11.6 Å². The van der Waals surface area contributed by atoms with Crippen LogP contribution in [-0.4, -0.2) is 47.5 Å². The van der Waals surface area contributed by atoms with Crippen LogP contribution in [-0.2, 0) is 0 Å². The molecule has 0 unspecified atom stereocenters. The largest absolute Gasteiger partial charge is 0.294 e. The van der Waals surface area contributed by atoms with Gasteiger partial charge in [-0.25, -0.2) is 0 Å². The van der Waals surface area contributed by atoms with Gasteiger partial charge in [0.2, 0.25) is 0 Å². The lowest BCUT2D eigenvalue weighted by Gasteiger charge is -2.42. The second-order valence-corrected chi connectivity index (χ2v) is 9.91. The summed E-state index contributed by atoms with van der Waals surface area (Å²) in [6.07, 6.45) is 0.894. The zero-order valence-corrected chi connectivity index (χ0v) is 21.7. The van der Waals surface area contributed by atoms with Crippen LogP contribution < -0.4 is 0 Å². The Morgan fingerprint density at radius 3 is 1.08 bits per heavy atom. The van der Waals surface area contributed by atoms with E-state index in [1.165, 1.54) is 11.1 Å². The van der Waals surface area contributed by atoms with Gasteiger partial charge in [0.1, 0.15) is 0 Å². The lowest BCUT2D eigenvalue weighted by Crippen LogP contribution is -2.49. The maximum atomic E-state index is 13.2. The van der Waals surface area contributed by atoms with Gasteiger partial charge in [0, 0.05) is 62.2 Å². The molecule has 1 saturated heterocycles. The van der Waals surface area contributed by atoms with Crippen molar-refractivity contribution in [3.63, 3.8) is 0 Å². The number of hydrogen-bond donors (Lipinski definition) is 0. The van der Waals surface area contributed by atoms with Gasteiger partial charge < -0.3 is 0 Å². The fourth-order valence-electron chi connectivity index (χ4n) is 5.46. The lowest BCUT2D eigenvalue weighted by molar-refractivity contribution is 0.0557. The summed E-state index contributed by atoms with van der Waals surface area (Å²) in [6, 6.07) is 39.9. The molecule has 1 aliphatic rings. The molecule has 38 heavy (non-hydrogen) atoms. The average Bonchev–Trinajstić information content (AvgIpc) is 3.00. The topological polar surface area (TPSA) is 40.6 Å². The molecule has 4 nitrogen and oxygen atoms in total.